The first kappa shape index (κ1) is 15.9. The van der Waals surface area contributed by atoms with Gasteiger partial charge in [-0.1, -0.05) is 42.5 Å². The minimum atomic E-state index is -3.70. The van der Waals surface area contributed by atoms with Crippen LogP contribution in [0, 0.1) is 0 Å². The van der Waals surface area contributed by atoms with Gasteiger partial charge in [-0.2, -0.15) is 4.31 Å². The van der Waals surface area contributed by atoms with E-state index >= 15 is 0 Å². The van der Waals surface area contributed by atoms with Crippen LogP contribution in [0.2, 0.25) is 10.0 Å². The molecule has 1 aromatic rings. The quantitative estimate of drug-likeness (QED) is 0.858. The number of anilines is 1. The van der Waals surface area contributed by atoms with Crippen molar-refractivity contribution >= 4 is 38.9 Å². The number of benzene rings is 1. The molecule has 112 valence electrons. The van der Waals surface area contributed by atoms with E-state index < -0.39 is 10.0 Å². The molecule has 1 aliphatic rings. The SMILES string of the molecule is CN(C1CCCCC1)S(=O)(=O)c1c(N)cc(Cl)cc1Cl. The highest BCUT2D eigenvalue weighted by molar-refractivity contribution is 7.89. The Kier molecular flexibility index (Phi) is 4.84. The predicted octanol–water partition coefficient (Wildman–Crippen LogP) is 3.53. The maximum atomic E-state index is 12.7. The van der Waals surface area contributed by atoms with Crippen LogP contribution in [0.3, 0.4) is 0 Å². The molecule has 0 spiro atoms. The minimum Gasteiger partial charge on any atom is -0.398 e. The molecule has 0 amide bonds. The van der Waals surface area contributed by atoms with E-state index in [0.717, 1.165) is 32.1 Å². The summed E-state index contributed by atoms with van der Waals surface area (Å²) in [7, 11) is -2.11. The number of nitrogen functional groups attached to an aromatic ring is 1. The summed E-state index contributed by atoms with van der Waals surface area (Å²) in [6.45, 7) is 0. The molecule has 0 radical (unpaired) electrons. The van der Waals surface area contributed by atoms with Crippen molar-refractivity contribution in [1.82, 2.24) is 4.31 Å². The second-order valence-corrected chi connectivity index (χ2v) is 7.90. The average molecular weight is 337 g/mol. The van der Waals surface area contributed by atoms with E-state index in [0.29, 0.717) is 5.02 Å². The summed E-state index contributed by atoms with van der Waals surface area (Å²) in [4.78, 5) is -0.0448. The van der Waals surface area contributed by atoms with Crippen molar-refractivity contribution in [3.8, 4) is 0 Å². The van der Waals surface area contributed by atoms with Crippen molar-refractivity contribution in [3.05, 3.63) is 22.2 Å². The number of rotatable bonds is 3. The summed E-state index contributed by atoms with van der Waals surface area (Å²) < 4.78 is 26.8. The zero-order chi connectivity index (χ0) is 14.9. The lowest BCUT2D eigenvalue weighted by Crippen LogP contribution is -2.38. The summed E-state index contributed by atoms with van der Waals surface area (Å²) in [6.07, 6.45) is 5.01. The van der Waals surface area contributed by atoms with E-state index in [-0.39, 0.29) is 21.6 Å². The van der Waals surface area contributed by atoms with E-state index in [1.54, 1.807) is 7.05 Å². The summed E-state index contributed by atoms with van der Waals surface area (Å²) in [5.41, 5.74) is 5.89. The lowest BCUT2D eigenvalue weighted by molar-refractivity contribution is 0.286. The third-order valence-corrected chi connectivity index (χ3v) is 6.42. The van der Waals surface area contributed by atoms with Crippen LogP contribution in [0.5, 0.6) is 0 Å². The van der Waals surface area contributed by atoms with Crippen LogP contribution in [0.15, 0.2) is 17.0 Å². The summed E-state index contributed by atoms with van der Waals surface area (Å²) >= 11 is 11.9. The largest absolute Gasteiger partial charge is 0.398 e. The molecular weight excluding hydrogens is 319 g/mol. The molecule has 4 nitrogen and oxygen atoms in total. The van der Waals surface area contributed by atoms with Gasteiger partial charge >= 0.3 is 0 Å². The van der Waals surface area contributed by atoms with E-state index in [2.05, 4.69) is 0 Å². The van der Waals surface area contributed by atoms with E-state index in [1.165, 1.54) is 16.4 Å². The molecule has 1 saturated carbocycles. The zero-order valence-corrected chi connectivity index (χ0v) is 13.6. The maximum Gasteiger partial charge on any atom is 0.246 e. The fourth-order valence-electron chi connectivity index (χ4n) is 2.64. The molecule has 7 heteroatoms. The summed E-state index contributed by atoms with van der Waals surface area (Å²) in [5, 5.41) is 0.393. The molecule has 1 fully saturated rings. The van der Waals surface area contributed by atoms with Gasteiger partial charge in [-0.05, 0) is 25.0 Å². The van der Waals surface area contributed by atoms with Crippen molar-refractivity contribution in [1.29, 1.82) is 0 Å². The highest BCUT2D eigenvalue weighted by Gasteiger charge is 2.32. The first-order chi connectivity index (χ1) is 9.34. The van der Waals surface area contributed by atoms with Gasteiger partial charge in [0.05, 0.1) is 10.7 Å². The molecule has 0 unspecified atom stereocenters. The van der Waals surface area contributed by atoms with Gasteiger partial charge in [-0.3, -0.25) is 0 Å². The molecule has 0 saturated heterocycles. The van der Waals surface area contributed by atoms with Crippen LogP contribution in [0.25, 0.3) is 0 Å². The Labute approximate surface area is 129 Å². The number of hydrogen-bond acceptors (Lipinski definition) is 3. The van der Waals surface area contributed by atoms with Crippen LogP contribution in [-0.2, 0) is 10.0 Å². The van der Waals surface area contributed by atoms with E-state index in [4.69, 9.17) is 28.9 Å². The Balaban J connectivity index is 2.39. The molecule has 0 bridgehead atoms. The molecule has 2 N–H and O–H groups in total. The summed E-state index contributed by atoms with van der Waals surface area (Å²) in [5.74, 6) is 0. The fourth-order valence-corrected chi connectivity index (χ4v) is 4.99. The molecular formula is C13H18Cl2N2O2S. The molecule has 1 aromatic carbocycles. The Morgan fingerprint density at radius 2 is 1.80 bits per heavy atom. The number of nitrogens with zero attached hydrogens (tertiary/aromatic N) is 1. The van der Waals surface area contributed by atoms with Crippen LogP contribution in [-0.4, -0.2) is 25.8 Å². The molecule has 0 aromatic heterocycles. The van der Waals surface area contributed by atoms with Crippen molar-refractivity contribution < 1.29 is 8.42 Å². The third kappa shape index (κ3) is 3.06. The Morgan fingerprint density at radius 1 is 1.20 bits per heavy atom. The first-order valence-corrected chi connectivity index (χ1v) is 8.76. The number of hydrogen-bond donors (Lipinski definition) is 1. The molecule has 1 aliphatic carbocycles. The van der Waals surface area contributed by atoms with Crippen molar-refractivity contribution in [2.24, 2.45) is 0 Å². The molecule has 0 atom stereocenters. The lowest BCUT2D eigenvalue weighted by atomic mass is 9.96. The fraction of sp³-hybridized carbons (Fsp3) is 0.538. The summed E-state index contributed by atoms with van der Waals surface area (Å²) in [6, 6.07) is 2.83. The smallest absolute Gasteiger partial charge is 0.246 e. The molecule has 2 rings (SSSR count). The van der Waals surface area contributed by atoms with Gasteiger partial charge in [-0.15, -0.1) is 0 Å². The van der Waals surface area contributed by atoms with Gasteiger partial charge in [0.1, 0.15) is 4.90 Å². The number of nitrogens with two attached hydrogens (primary N) is 1. The topological polar surface area (TPSA) is 63.4 Å². The Bertz CT molecular complexity index is 575. The first-order valence-electron chi connectivity index (χ1n) is 6.56. The van der Waals surface area contributed by atoms with Crippen molar-refractivity contribution in [3.63, 3.8) is 0 Å². The second kappa shape index (κ2) is 6.10. The molecule has 20 heavy (non-hydrogen) atoms. The van der Waals surface area contributed by atoms with Crippen LogP contribution in [0.1, 0.15) is 32.1 Å². The van der Waals surface area contributed by atoms with Gasteiger partial charge in [0, 0.05) is 18.1 Å². The Hall–Kier alpha value is -0.490. The van der Waals surface area contributed by atoms with Crippen LogP contribution < -0.4 is 5.73 Å². The minimum absolute atomic E-state index is 0.0138. The maximum absolute atomic E-state index is 12.7. The van der Waals surface area contributed by atoms with Gasteiger partial charge < -0.3 is 5.73 Å². The molecule has 0 heterocycles. The third-order valence-electron chi connectivity index (χ3n) is 3.76. The predicted molar refractivity (Wildman–Crippen MR) is 82.7 cm³/mol. The van der Waals surface area contributed by atoms with Gasteiger partial charge in [0.15, 0.2) is 0 Å². The monoisotopic (exact) mass is 336 g/mol. The van der Waals surface area contributed by atoms with Gasteiger partial charge in [0.2, 0.25) is 10.0 Å². The highest BCUT2D eigenvalue weighted by Crippen LogP contribution is 2.35. The molecule has 0 aliphatic heterocycles. The van der Waals surface area contributed by atoms with E-state index in [9.17, 15) is 8.42 Å². The van der Waals surface area contributed by atoms with Gasteiger partial charge in [-0.25, -0.2) is 8.42 Å². The van der Waals surface area contributed by atoms with Crippen LogP contribution >= 0.6 is 23.2 Å². The highest BCUT2D eigenvalue weighted by atomic mass is 35.5. The van der Waals surface area contributed by atoms with Crippen molar-refractivity contribution in [2.45, 2.75) is 43.0 Å². The number of halogens is 2. The van der Waals surface area contributed by atoms with Crippen molar-refractivity contribution in [2.75, 3.05) is 12.8 Å². The second-order valence-electron chi connectivity index (χ2n) is 5.12. The Morgan fingerprint density at radius 3 is 2.35 bits per heavy atom. The number of sulfonamides is 1. The van der Waals surface area contributed by atoms with Crippen LogP contribution in [0.4, 0.5) is 5.69 Å². The average Bonchev–Trinajstić information content (AvgIpc) is 2.37. The zero-order valence-electron chi connectivity index (χ0n) is 11.3. The standard InChI is InChI=1S/C13H18Cl2N2O2S/c1-17(10-5-3-2-4-6-10)20(18,19)13-11(15)7-9(14)8-12(13)16/h7-8,10H,2-6,16H2,1H3. The van der Waals surface area contributed by atoms with Gasteiger partial charge in [0.25, 0.3) is 0 Å². The lowest BCUT2D eigenvalue weighted by Gasteiger charge is -2.31. The normalized spacial score (nSPS) is 17.6. The van der Waals surface area contributed by atoms with E-state index in [1.807, 2.05) is 0 Å².